The number of hydrogen-bond acceptors (Lipinski definition) is 2. The third-order valence-electron chi connectivity index (χ3n) is 3.98. The Bertz CT molecular complexity index is 442. The van der Waals surface area contributed by atoms with Crippen molar-refractivity contribution in [1.82, 2.24) is 9.88 Å². The van der Waals surface area contributed by atoms with Crippen LogP contribution in [0.1, 0.15) is 44.0 Å². The second kappa shape index (κ2) is 5.27. The van der Waals surface area contributed by atoms with E-state index < -0.39 is 5.95 Å². The summed E-state index contributed by atoms with van der Waals surface area (Å²) in [7, 11) is 0. The lowest BCUT2D eigenvalue weighted by atomic mass is 9.75. The molecule has 0 aromatic carbocycles. The van der Waals surface area contributed by atoms with Crippen LogP contribution < -0.4 is 0 Å². The van der Waals surface area contributed by atoms with Gasteiger partial charge in [0.15, 0.2) is 0 Å². The molecule has 2 heterocycles. The lowest BCUT2D eigenvalue weighted by molar-refractivity contribution is 0.0608. The van der Waals surface area contributed by atoms with E-state index in [9.17, 15) is 9.18 Å². The summed E-state index contributed by atoms with van der Waals surface area (Å²) in [5.74, 6) is 0.0609. The molecule has 3 nitrogen and oxygen atoms in total. The Morgan fingerprint density at radius 2 is 1.95 bits per heavy atom. The first kappa shape index (κ1) is 14.0. The van der Waals surface area contributed by atoms with Crippen LogP contribution in [-0.2, 0) is 0 Å². The smallest absolute Gasteiger partial charge is 0.255 e. The van der Waals surface area contributed by atoms with Gasteiger partial charge in [0.25, 0.3) is 5.91 Å². The SMILES string of the molecule is CC(C)(C)C1CCN(C(=O)c2ccc(F)nc2)CC1. The number of hydrogen-bond donors (Lipinski definition) is 0. The fourth-order valence-corrected chi connectivity index (χ4v) is 2.63. The van der Waals surface area contributed by atoms with Crippen LogP contribution in [0, 0.1) is 17.3 Å². The topological polar surface area (TPSA) is 33.2 Å². The molecule has 19 heavy (non-hydrogen) atoms. The zero-order chi connectivity index (χ0) is 14.0. The first-order valence-corrected chi connectivity index (χ1v) is 6.79. The van der Waals surface area contributed by atoms with Crippen LogP contribution in [0.5, 0.6) is 0 Å². The first-order chi connectivity index (χ1) is 8.88. The number of piperidine rings is 1. The van der Waals surface area contributed by atoms with Gasteiger partial charge in [0, 0.05) is 19.3 Å². The van der Waals surface area contributed by atoms with Gasteiger partial charge in [-0.15, -0.1) is 0 Å². The molecule has 0 bridgehead atoms. The average Bonchev–Trinajstić information content (AvgIpc) is 2.38. The second-order valence-electron chi connectivity index (χ2n) is 6.30. The molecule has 104 valence electrons. The molecule has 1 aromatic heterocycles. The molecule has 2 rings (SSSR count). The Kier molecular flexibility index (Phi) is 3.88. The fourth-order valence-electron chi connectivity index (χ4n) is 2.63. The molecule has 0 N–H and O–H groups in total. The molecule has 0 radical (unpaired) electrons. The number of likely N-dealkylation sites (tertiary alicyclic amines) is 1. The molecular formula is C15H21FN2O. The molecular weight excluding hydrogens is 243 g/mol. The van der Waals surface area contributed by atoms with Crippen molar-refractivity contribution in [2.45, 2.75) is 33.6 Å². The number of carbonyl (C=O) groups is 1. The van der Waals surface area contributed by atoms with E-state index in [-0.39, 0.29) is 5.91 Å². The van der Waals surface area contributed by atoms with E-state index in [1.165, 1.54) is 18.3 Å². The Balaban J connectivity index is 1.98. The quantitative estimate of drug-likeness (QED) is 0.730. The van der Waals surface area contributed by atoms with Crippen molar-refractivity contribution >= 4 is 5.91 Å². The predicted octanol–water partition coefficient (Wildman–Crippen LogP) is 3.12. The fraction of sp³-hybridized carbons (Fsp3) is 0.600. The Labute approximate surface area is 113 Å². The zero-order valence-electron chi connectivity index (χ0n) is 11.8. The summed E-state index contributed by atoms with van der Waals surface area (Å²) in [6, 6.07) is 2.73. The zero-order valence-corrected chi connectivity index (χ0v) is 11.8. The maximum absolute atomic E-state index is 12.7. The van der Waals surface area contributed by atoms with E-state index in [1.807, 2.05) is 4.90 Å². The van der Waals surface area contributed by atoms with Gasteiger partial charge in [-0.2, -0.15) is 4.39 Å². The lowest BCUT2D eigenvalue weighted by Crippen LogP contribution is -2.41. The van der Waals surface area contributed by atoms with Crippen LogP contribution in [0.25, 0.3) is 0 Å². The molecule has 1 aliphatic heterocycles. The van der Waals surface area contributed by atoms with E-state index in [0.29, 0.717) is 16.9 Å². The predicted molar refractivity (Wildman–Crippen MR) is 72.3 cm³/mol. The molecule has 0 spiro atoms. The van der Waals surface area contributed by atoms with Gasteiger partial charge >= 0.3 is 0 Å². The highest BCUT2D eigenvalue weighted by Gasteiger charge is 2.30. The standard InChI is InChI=1S/C15H21FN2O/c1-15(2,3)12-6-8-18(9-7-12)14(19)11-4-5-13(16)17-10-11/h4-5,10,12H,6-9H2,1-3H3. The normalized spacial score (nSPS) is 17.6. The van der Waals surface area contributed by atoms with Gasteiger partial charge in [-0.1, -0.05) is 20.8 Å². The highest BCUT2D eigenvalue weighted by atomic mass is 19.1. The number of nitrogens with zero attached hydrogens (tertiary/aromatic N) is 2. The molecule has 1 amide bonds. The number of rotatable bonds is 1. The maximum Gasteiger partial charge on any atom is 0.255 e. The van der Waals surface area contributed by atoms with Crippen molar-refractivity contribution in [3.63, 3.8) is 0 Å². The lowest BCUT2D eigenvalue weighted by Gasteiger charge is -2.38. The third-order valence-corrected chi connectivity index (χ3v) is 3.98. The van der Waals surface area contributed by atoms with Crippen molar-refractivity contribution < 1.29 is 9.18 Å². The van der Waals surface area contributed by atoms with Gasteiger partial charge in [0.2, 0.25) is 5.95 Å². The number of halogens is 1. The molecule has 0 saturated carbocycles. The third kappa shape index (κ3) is 3.31. The highest BCUT2D eigenvalue weighted by Crippen LogP contribution is 2.34. The summed E-state index contributed by atoms with van der Waals surface area (Å²) in [6.45, 7) is 8.30. The van der Waals surface area contributed by atoms with E-state index >= 15 is 0 Å². The average molecular weight is 264 g/mol. The van der Waals surface area contributed by atoms with Crippen LogP contribution in [0.2, 0.25) is 0 Å². The summed E-state index contributed by atoms with van der Waals surface area (Å²) in [4.78, 5) is 17.6. The minimum absolute atomic E-state index is 0.0418. The summed E-state index contributed by atoms with van der Waals surface area (Å²) in [5.41, 5.74) is 0.766. The Morgan fingerprint density at radius 3 is 2.42 bits per heavy atom. The van der Waals surface area contributed by atoms with Gasteiger partial charge in [0.1, 0.15) is 0 Å². The van der Waals surface area contributed by atoms with Crippen molar-refractivity contribution in [2.24, 2.45) is 11.3 Å². The van der Waals surface area contributed by atoms with Gasteiger partial charge < -0.3 is 4.90 Å². The Hall–Kier alpha value is -1.45. The van der Waals surface area contributed by atoms with Gasteiger partial charge in [0.05, 0.1) is 5.56 Å². The van der Waals surface area contributed by atoms with Crippen molar-refractivity contribution in [2.75, 3.05) is 13.1 Å². The maximum atomic E-state index is 12.7. The van der Waals surface area contributed by atoms with Crippen molar-refractivity contribution in [1.29, 1.82) is 0 Å². The van der Waals surface area contributed by atoms with E-state index in [0.717, 1.165) is 25.9 Å². The summed E-state index contributed by atoms with van der Waals surface area (Å²) in [5, 5.41) is 0. The van der Waals surface area contributed by atoms with Crippen molar-refractivity contribution in [3.8, 4) is 0 Å². The number of amides is 1. The molecule has 1 fully saturated rings. The first-order valence-electron chi connectivity index (χ1n) is 6.79. The van der Waals surface area contributed by atoms with Gasteiger partial charge in [-0.25, -0.2) is 4.98 Å². The van der Waals surface area contributed by atoms with E-state index in [2.05, 4.69) is 25.8 Å². The second-order valence-corrected chi connectivity index (χ2v) is 6.30. The minimum Gasteiger partial charge on any atom is -0.339 e. The van der Waals surface area contributed by atoms with Crippen molar-refractivity contribution in [3.05, 3.63) is 29.8 Å². The number of carbonyl (C=O) groups excluding carboxylic acids is 1. The Morgan fingerprint density at radius 1 is 1.32 bits per heavy atom. The molecule has 0 unspecified atom stereocenters. The highest BCUT2D eigenvalue weighted by molar-refractivity contribution is 5.93. The number of pyridine rings is 1. The molecule has 0 aliphatic carbocycles. The van der Waals surface area contributed by atoms with Crippen LogP contribution in [0.15, 0.2) is 18.3 Å². The van der Waals surface area contributed by atoms with Crippen LogP contribution in [0.4, 0.5) is 4.39 Å². The summed E-state index contributed by atoms with van der Waals surface area (Å²) in [6.07, 6.45) is 3.38. The summed E-state index contributed by atoms with van der Waals surface area (Å²) < 4.78 is 12.7. The van der Waals surface area contributed by atoms with Crippen LogP contribution in [-0.4, -0.2) is 28.9 Å². The van der Waals surface area contributed by atoms with Crippen LogP contribution in [0.3, 0.4) is 0 Å². The monoisotopic (exact) mass is 264 g/mol. The number of aromatic nitrogens is 1. The van der Waals surface area contributed by atoms with Gasteiger partial charge in [-0.05, 0) is 36.3 Å². The molecule has 1 aliphatic rings. The van der Waals surface area contributed by atoms with Gasteiger partial charge in [-0.3, -0.25) is 4.79 Å². The van der Waals surface area contributed by atoms with E-state index in [1.54, 1.807) is 0 Å². The molecule has 0 atom stereocenters. The van der Waals surface area contributed by atoms with Crippen LogP contribution >= 0.6 is 0 Å². The minimum atomic E-state index is -0.553. The molecule has 4 heteroatoms. The largest absolute Gasteiger partial charge is 0.339 e. The molecule has 1 aromatic rings. The summed E-state index contributed by atoms with van der Waals surface area (Å²) >= 11 is 0. The molecule has 1 saturated heterocycles. The van der Waals surface area contributed by atoms with E-state index in [4.69, 9.17) is 0 Å².